The molecule has 3 aliphatic heterocycles. The van der Waals surface area contributed by atoms with Crippen molar-refractivity contribution in [2.45, 2.75) is 30.8 Å². The van der Waals surface area contributed by atoms with E-state index in [1.54, 1.807) is 9.80 Å². The van der Waals surface area contributed by atoms with Crippen LogP contribution in [-0.2, 0) is 14.3 Å². The van der Waals surface area contributed by atoms with Crippen LogP contribution in [0.2, 0.25) is 0 Å². The Morgan fingerprint density at radius 1 is 1.19 bits per heavy atom. The van der Waals surface area contributed by atoms with Gasteiger partial charge in [0.15, 0.2) is 0 Å². The van der Waals surface area contributed by atoms with Crippen molar-refractivity contribution in [2.24, 2.45) is 5.92 Å². The van der Waals surface area contributed by atoms with Gasteiger partial charge in [0.05, 0.1) is 18.2 Å². The summed E-state index contributed by atoms with van der Waals surface area (Å²) in [5.74, 6) is -1.05. The van der Waals surface area contributed by atoms with E-state index in [0.29, 0.717) is 25.1 Å². The fraction of sp³-hybridized carbons (Fsp3) is 0.600. The zero-order chi connectivity index (χ0) is 22.2. The van der Waals surface area contributed by atoms with E-state index in [1.165, 1.54) is 24.3 Å². The van der Waals surface area contributed by atoms with Gasteiger partial charge in [-0.3, -0.25) is 4.79 Å². The topological polar surface area (TPSA) is 71.1 Å². The van der Waals surface area contributed by atoms with Crippen LogP contribution in [0.1, 0.15) is 18.1 Å². The average Bonchev–Trinajstić information content (AvgIpc) is 2.68. The van der Waals surface area contributed by atoms with Crippen LogP contribution >= 0.6 is 0 Å². The van der Waals surface area contributed by atoms with E-state index in [-0.39, 0.29) is 49.7 Å². The summed E-state index contributed by atoms with van der Waals surface area (Å²) in [5, 5.41) is 2.83. The van der Waals surface area contributed by atoms with E-state index in [2.05, 4.69) is 5.32 Å². The lowest BCUT2D eigenvalue weighted by molar-refractivity contribution is -0.196. The highest BCUT2D eigenvalue weighted by molar-refractivity contribution is 5.79. The zero-order valence-corrected chi connectivity index (χ0v) is 16.6. The van der Waals surface area contributed by atoms with Gasteiger partial charge in [-0.15, -0.1) is 0 Å². The molecule has 1 aromatic carbocycles. The Bertz CT molecular complexity index is 814. The zero-order valence-electron chi connectivity index (χ0n) is 16.6. The number of piperidine rings is 1. The van der Waals surface area contributed by atoms with Crippen LogP contribution in [0.5, 0.6) is 0 Å². The van der Waals surface area contributed by atoms with Gasteiger partial charge in [0.25, 0.3) is 0 Å². The number of nitrogens with zero attached hydrogens (tertiary/aromatic N) is 2. The van der Waals surface area contributed by atoms with E-state index < -0.39 is 24.7 Å². The van der Waals surface area contributed by atoms with Crippen LogP contribution in [0.15, 0.2) is 24.3 Å². The predicted octanol–water partition coefficient (Wildman–Crippen LogP) is 2.09. The number of rotatable bonds is 4. The highest BCUT2D eigenvalue weighted by Crippen LogP contribution is 2.35. The number of carbonyl (C=O) groups is 2. The smallest absolute Gasteiger partial charge is 0.366 e. The molecule has 31 heavy (non-hydrogen) atoms. The van der Waals surface area contributed by atoms with Crippen molar-refractivity contribution in [2.75, 3.05) is 39.4 Å². The quantitative estimate of drug-likeness (QED) is 0.721. The number of hydrogen-bond donors (Lipinski definition) is 1. The highest BCUT2D eigenvalue weighted by Gasteiger charge is 2.43. The maximum Gasteiger partial charge on any atom is 0.411 e. The molecule has 170 valence electrons. The first kappa shape index (κ1) is 21.8. The van der Waals surface area contributed by atoms with Crippen molar-refractivity contribution in [1.82, 2.24) is 15.1 Å². The molecule has 3 fully saturated rings. The average molecular weight is 445 g/mol. The monoisotopic (exact) mass is 445 g/mol. The minimum Gasteiger partial charge on any atom is -0.366 e. The number of alkyl halides is 3. The second kappa shape index (κ2) is 8.62. The third-order valence-electron chi connectivity index (χ3n) is 5.83. The molecular weight excluding hydrogens is 422 g/mol. The van der Waals surface area contributed by atoms with Gasteiger partial charge in [-0.2, -0.15) is 13.2 Å². The van der Waals surface area contributed by atoms with Crippen molar-refractivity contribution in [1.29, 1.82) is 0 Å². The Labute approximate surface area is 176 Å². The van der Waals surface area contributed by atoms with Crippen LogP contribution in [0.25, 0.3) is 0 Å². The molecule has 1 aromatic rings. The molecule has 0 spiro atoms. The van der Waals surface area contributed by atoms with Crippen molar-refractivity contribution >= 4 is 11.9 Å². The number of ether oxygens (including phenoxy) is 2. The van der Waals surface area contributed by atoms with Gasteiger partial charge >= 0.3 is 12.2 Å². The van der Waals surface area contributed by atoms with Gasteiger partial charge < -0.3 is 24.6 Å². The molecular formula is C20H23F4N3O4. The largest absolute Gasteiger partial charge is 0.411 e. The predicted molar refractivity (Wildman–Crippen MR) is 99.5 cm³/mol. The molecule has 3 atom stereocenters. The van der Waals surface area contributed by atoms with E-state index in [9.17, 15) is 27.2 Å². The van der Waals surface area contributed by atoms with Crippen molar-refractivity contribution < 1.29 is 36.6 Å². The second-order valence-corrected chi connectivity index (χ2v) is 8.10. The summed E-state index contributed by atoms with van der Waals surface area (Å²) in [6, 6.07) is 4.65. The molecule has 3 aliphatic rings. The van der Waals surface area contributed by atoms with E-state index in [0.717, 1.165) is 0 Å². The molecule has 7 nitrogen and oxygen atoms in total. The molecule has 3 heterocycles. The maximum absolute atomic E-state index is 13.2. The number of nitrogens with one attached hydrogen (secondary N) is 1. The van der Waals surface area contributed by atoms with Crippen LogP contribution in [0.3, 0.4) is 0 Å². The van der Waals surface area contributed by atoms with Gasteiger partial charge in [0.2, 0.25) is 5.91 Å². The molecule has 11 heteroatoms. The number of likely N-dealkylation sites (tertiary alicyclic amines) is 2. The number of morpholine rings is 1. The van der Waals surface area contributed by atoms with Gasteiger partial charge in [-0.1, -0.05) is 12.1 Å². The first-order chi connectivity index (χ1) is 14.7. The SMILES string of the molecule is O=C1COC2CCN(C(=O)N3CC(C(OCC(F)(F)F)c4ccc(F)cc4)C3)C[C@H]2N1. The molecule has 0 aromatic heterocycles. The maximum atomic E-state index is 13.2. The Hall–Kier alpha value is -2.40. The molecule has 0 saturated carbocycles. The number of carbonyl (C=O) groups excluding carboxylic acids is 2. The van der Waals surface area contributed by atoms with Crippen molar-refractivity contribution in [3.63, 3.8) is 0 Å². The fourth-order valence-corrected chi connectivity index (χ4v) is 4.28. The second-order valence-electron chi connectivity index (χ2n) is 8.10. The van der Waals surface area contributed by atoms with Gasteiger partial charge in [0.1, 0.15) is 19.0 Å². The Morgan fingerprint density at radius 2 is 1.90 bits per heavy atom. The number of urea groups is 1. The normalized spacial score (nSPS) is 25.5. The Morgan fingerprint density at radius 3 is 2.58 bits per heavy atom. The fourth-order valence-electron chi connectivity index (χ4n) is 4.28. The number of fused-ring (bicyclic) bond motifs is 1. The summed E-state index contributed by atoms with van der Waals surface area (Å²) in [5.41, 5.74) is 0.436. The molecule has 1 N–H and O–H groups in total. The van der Waals surface area contributed by atoms with Crippen LogP contribution in [0.4, 0.5) is 22.4 Å². The third kappa shape index (κ3) is 5.09. The molecule has 0 radical (unpaired) electrons. The van der Waals surface area contributed by atoms with Gasteiger partial charge in [-0.05, 0) is 24.1 Å². The Balaban J connectivity index is 1.36. The first-order valence-electron chi connectivity index (χ1n) is 10.1. The van der Waals surface area contributed by atoms with Crippen LogP contribution in [0, 0.1) is 11.7 Å². The highest BCUT2D eigenvalue weighted by atomic mass is 19.4. The lowest BCUT2D eigenvalue weighted by Crippen LogP contribution is -2.64. The van der Waals surface area contributed by atoms with Gasteiger partial charge in [0, 0.05) is 32.1 Å². The van der Waals surface area contributed by atoms with E-state index >= 15 is 0 Å². The number of hydrogen-bond acceptors (Lipinski definition) is 4. The van der Waals surface area contributed by atoms with Crippen molar-refractivity contribution in [3.05, 3.63) is 35.6 Å². The molecule has 3 saturated heterocycles. The molecule has 2 unspecified atom stereocenters. The summed E-state index contributed by atoms with van der Waals surface area (Å²) >= 11 is 0. The van der Waals surface area contributed by atoms with E-state index in [1.807, 2.05) is 0 Å². The lowest BCUT2D eigenvalue weighted by Gasteiger charge is -2.47. The summed E-state index contributed by atoms with van der Waals surface area (Å²) in [4.78, 5) is 27.5. The minimum atomic E-state index is -4.49. The van der Waals surface area contributed by atoms with Crippen molar-refractivity contribution in [3.8, 4) is 0 Å². The minimum absolute atomic E-state index is 0.0195. The number of amides is 3. The molecule has 3 amide bonds. The van der Waals surface area contributed by atoms with Gasteiger partial charge in [-0.25, -0.2) is 9.18 Å². The first-order valence-corrected chi connectivity index (χ1v) is 10.1. The lowest BCUT2D eigenvalue weighted by atomic mass is 9.89. The molecule has 4 rings (SSSR count). The number of halogens is 4. The van der Waals surface area contributed by atoms with E-state index in [4.69, 9.17) is 9.47 Å². The number of benzene rings is 1. The van der Waals surface area contributed by atoms with Crippen LogP contribution in [-0.4, -0.2) is 79.5 Å². The summed E-state index contributed by atoms with van der Waals surface area (Å²) in [6.45, 7) is -0.149. The standard InChI is InChI=1S/C20H23F4N3O4/c21-14-3-1-12(2-4-14)18(31-11-20(22,23)24)13-7-27(8-13)19(29)26-6-5-16-15(9-26)25-17(28)10-30-16/h1-4,13,15-16,18H,5-11H2,(H,25,28)/t15-,16?,18?/m1/s1. The van der Waals surface area contributed by atoms with Crippen LogP contribution < -0.4 is 5.32 Å². The molecule has 0 bridgehead atoms. The summed E-state index contributed by atoms with van der Waals surface area (Å²) in [7, 11) is 0. The summed E-state index contributed by atoms with van der Waals surface area (Å²) < 4.78 is 61.9. The third-order valence-corrected chi connectivity index (χ3v) is 5.83. The summed E-state index contributed by atoms with van der Waals surface area (Å²) in [6.07, 6.45) is -4.91. The molecule has 0 aliphatic carbocycles. The Kier molecular flexibility index (Phi) is 6.07.